The number of hydrogen-bond acceptors (Lipinski definition) is 3. The first-order valence-electron chi connectivity index (χ1n) is 4.53. The number of phenols is 1. The predicted octanol–water partition coefficient (Wildman–Crippen LogP) is 1.95. The Labute approximate surface area is 88.0 Å². The normalized spacial score (nSPS) is 9.47. The van der Waals surface area contributed by atoms with Gasteiger partial charge in [0.15, 0.2) is 11.6 Å². The van der Waals surface area contributed by atoms with Gasteiger partial charge in [-0.15, -0.1) is 0 Å². The van der Waals surface area contributed by atoms with Crippen LogP contribution in [-0.2, 0) is 9.59 Å². The van der Waals surface area contributed by atoms with Gasteiger partial charge in [0.2, 0.25) is 0 Å². The molecule has 1 rings (SSSR count). The van der Waals surface area contributed by atoms with Gasteiger partial charge in [-0.05, 0) is 37.6 Å². The quantitative estimate of drug-likeness (QED) is 0.465. The van der Waals surface area contributed by atoms with E-state index in [1.165, 1.54) is 32.1 Å². The Hall–Kier alpha value is -1.90. The monoisotopic (exact) mass is 204 g/mol. The number of Topliss-reactive ketones (excluding diaryl/α,β-unsaturated/α-hetero) is 2. The molecule has 0 bridgehead atoms. The van der Waals surface area contributed by atoms with E-state index < -0.39 is 0 Å². The van der Waals surface area contributed by atoms with Gasteiger partial charge in [0.05, 0.1) is 5.57 Å². The first-order chi connectivity index (χ1) is 7.00. The summed E-state index contributed by atoms with van der Waals surface area (Å²) in [5.41, 5.74) is 0.774. The van der Waals surface area contributed by atoms with Gasteiger partial charge < -0.3 is 5.11 Å². The van der Waals surface area contributed by atoms with Crippen LogP contribution in [0.5, 0.6) is 5.75 Å². The fourth-order valence-corrected chi connectivity index (χ4v) is 1.23. The summed E-state index contributed by atoms with van der Waals surface area (Å²) in [7, 11) is 0. The average molecular weight is 204 g/mol. The lowest BCUT2D eigenvalue weighted by Gasteiger charge is -1.99. The molecule has 0 amide bonds. The van der Waals surface area contributed by atoms with Crippen LogP contribution in [0.2, 0.25) is 0 Å². The highest BCUT2D eigenvalue weighted by molar-refractivity contribution is 6.21. The minimum atomic E-state index is -0.272. The Kier molecular flexibility index (Phi) is 3.39. The number of hydrogen-bond donors (Lipinski definition) is 1. The number of allylic oxidation sites excluding steroid dienone is 1. The van der Waals surface area contributed by atoms with Gasteiger partial charge in [-0.2, -0.15) is 0 Å². The van der Waals surface area contributed by atoms with Crippen LogP contribution in [0.25, 0.3) is 6.08 Å². The Morgan fingerprint density at radius 3 is 2.27 bits per heavy atom. The van der Waals surface area contributed by atoms with E-state index >= 15 is 0 Å². The van der Waals surface area contributed by atoms with Crippen LogP contribution in [0, 0.1) is 0 Å². The predicted molar refractivity (Wildman–Crippen MR) is 57.4 cm³/mol. The molecule has 0 aliphatic heterocycles. The maximum atomic E-state index is 11.1. The highest BCUT2D eigenvalue weighted by Crippen LogP contribution is 2.14. The lowest BCUT2D eigenvalue weighted by Crippen LogP contribution is -2.05. The van der Waals surface area contributed by atoms with Crippen molar-refractivity contribution in [1.82, 2.24) is 0 Å². The molecule has 3 heteroatoms. The SMILES string of the molecule is CC(=O)C(=Cc1cccc(O)c1)C(C)=O. The van der Waals surface area contributed by atoms with Crippen LogP contribution < -0.4 is 0 Å². The van der Waals surface area contributed by atoms with E-state index in [4.69, 9.17) is 0 Å². The van der Waals surface area contributed by atoms with Crippen LogP contribution in [-0.4, -0.2) is 16.7 Å². The zero-order valence-electron chi connectivity index (χ0n) is 8.65. The van der Waals surface area contributed by atoms with Crippen LogP contribution >= 0.6 is 0 Å². The Bertz CT molecular complexity index is 414. The molecular weight excluding hydrogens is 192 g/mol. The molecule has 0 unspecified atom stereocenters. The topological polar surface area (TPSA) is 54.4 Å². The van der Waals surface area contributed by atoms with E-state index in [1.807, 2.05) is 0 Å². The maximum absolute atomic E-state index is 11.1. The third kappa shape index (κ3) is 3.06. The summed E-state index contributed by atoms with van der Waals surface area (Å²) in [5.74, 6) is -0.438. The lowest BCUT2D eigenvalue weighted by molar-refractivity contribution is -0.119. The number of phenolic OH excluding ortho intramolecular Hbond substituents is 1. The fourth-order valence-electron chi connectivity index (χ4n) is 1.23. The summed E-state index contributed by atoms with van der Waals surface area (Å²) >= 11 is 0. The van der Waals surface area contributed by atoms with E-state index in [-0.39, 0.29) is 22.9 Å². The minimum absolute atomic E-state index is 0.107. The zero-order chi connectivity index (χ0) is 11.4. The van der Waals surface area contributed by atoms with Crippen LogP contribution in [0.15, 0.2) is 29.8 Å². The van der Waals surface area contributed by atoms with Crippen molar-refractivity contribution in [3.05, 3.63) is 35.4 Å². The van der Waals surface area contributed by atoms with Gasteiger partial charge in [-0.25, -0.2) is 0 Å². The Morgan fingerprint density at radius 2 is 1.80 bits per heavy atom. The molecule has 1 aromatic rings. The first-order valence-corrected chi connectivity index (χ1v) is 4.53. The molecule has 0 aliphatic rings. The molecule has 0 aliphatic carbocycles. The Balaban J connectivity index is 3.13. The molecular formula is C12H12O3. The van der Waals surface area contributed by atoms with Crippen LogP contribution in [0.1, 0.15) is 19.4 Å². The summed E-state index contributed by atoms with van der Waals surface area (Å²) in [5, 5.41) is 9.20. The molecule has 0 heterocycles. The summed E-state index contributed by atoms with van der Waals surface area (Å²) < 4.78 is 0. The number of ketones is 2. The van der Waals surface area contributed by atoms with E-state index in [9.17, 15) is 14.7 Å². The molecule has 0 aromatic heterocycles. The number of aromatic hydroxyl groups is 1. The molecule has 0 saturated heterocycles. The highest BCUT2D eigenvalue weighted by atomic mass is 16.3. The van der Waals surface area contributed by atoms with Crippen molar-refractivity contribution in [3.8, 4) is 5.75 Å². The van der Waals surface area contributed by atoms with Gasteiger partial charge in [0, 0.05) is 0 Å². The molecule has 0 radical (unpaired) electrons. The van der Waals surface area contributed by atoms with E-state index in [2.05, 4.69) is 0 Å². The van der Waals surface area contributed by atoms with E-state index in [1.54, 1.807) is 12.1 Å². The minimum Gasteiger partial charge on any atom is -0.508 e. The second-order valence-corrected chi connectivity index (χ2v) is 3.27. The molecule has 78 valence electrons. The molecule has 1 aromatic carbocycles. The standard InChI is InChI=1S/C12H12O3/c1-8(13)12(9(2)14)7-10-4-3-5-11(15)6-10/h3-7,15H,1-2H3. The van der Waals surface area contributed by atoms with E-state index in [0.29, 0.717) is 5.56 Å². The maximum Gasteiger partial charge on any atom is 0.163 e. The molecule has 1 N–H and O–H groups in total. The second kappa shape index (κ2) is 4.55. The number of benzene rings is 1. The molecule has 0 fully saturated rings. The Morgan fingerprint density at radius 1 is 1.20 bits per heavy atom. The van der Waals surface area contributed by atoms with Crippen LogP contribution in [0.3, 0.4) is 0 Å². The molecule has 0 spiro atoms. The van der Waals surface area contributed by atoms with Gasteiger partial charge in [0.1, 0.15) is 5.75 Å². The molecule has 0 saturated carbocycles. The van der Waals surface area contributed by atoms with Crippen molar-refractivity contribution in [2.75, 3.05) is 0 Å². The van der Waals surface area contributed by atoms with E-state index in [0.717, 1.165) is 0 Å². The summed E-state index contributed by atoms with van der Waals surface area (Å²) in [4.78, 5) is 22.2. The average Bonchev–Trinajstić information content (AvgIpc) is 2.13. The number of carbonyl (C=O) groups is 2. The third-order valence-electron chi connectivity index (χ3n) is 1.94. The van der Waals surface area contributed by atoms with Crippen molar-refractivity contribution in [1.29, 1.82) is 0 Å². The van der Waals surface area contributed by atoms with Gasteiger partial charge in [0.25, 0.3) is 0 Å². The van der Waals surface area contributed by atoms with Gasteiger partial charge in [-0.3, -0.25) is 9.59 Å². The second-order valence-electron chi connectivity index (χ2n) is 3.27. The van der Waals surface area contributed by atoms with Crippen molar-refractivity contribution in [2.24, 2.45) is 0 Å². The van der Waals surface area contributed by atoms with Crippen molar-refractivity contribution < 1.29 is 14.7 Å². The van der Waals surface area contributed by atoms with Gasteiger partial charge in [-0.1, -0.05) is 12.1 Å². The number of rotatable bonds is 3. The van der Waals surface area contributed by atoms with Crippen molar-refractivity contribution >= 4 is 17.6 Å². The molecule has 3 nitrogen and oxygen atoms in total. The third-order valence-corrected chi connectivity index (χ3v) is 1.94. The molecule has 15 heavy (non-hydrogen) atoms. The number of carbonyl (C=O) groups excluding carboxylic acids is 2. The largest absolute Gasteiger partial charge is 0.508 e. The van der Waals surface area contributed by atoms with Crippen molar-refractivity contribution in [2.45, 2.75) is 13.8 Å². The first kappa shape index (κ1) is 11.2. The highest BCUT2D eigenvalue weighted by Gasteiger charge is 2.08. The smallest absolute Gasteiger partial charge is 0.163 e. The molecule has 0 atom stereocenters. The zero-order valence-corrected chi connectivity index (χ0v) is 8.65. The lowest BCUT2D eigenvalue weighted by atomic mass is 10.0. The fraction of sp³-hybridized carbons (Fsp3) is 0.167. The van der Waals surface area contributed by atoms with Crippen molar-refractivity contribution in [3.63, 3.8) is 0 Å². The summed E-state index contributed by atoms with van der Waals surface area (Å²) in [6.45, 7) is 2.69. The van der Waals surface area contributed by atoms with Gasteiger partial charge >= 0.3 is 0 Å². The van der Waals surface area contributed by atoms with Crippen LogP contribution in [0.4, 0.5) is 0 Å². The summed E-state index contributed by atoms with van der Waals surface area (Å²) in [6.07, 6.45) is 1.48. The summed E-state index contributed by atoms with van der Waals surface area (Å²) in [6, 6.07) is 6.38.